The molecule has 0 atom stereocenters. The van der Waals surface area contributed by atoms with Crippen molar-refractivity contribution < 1.29 is 0 Å². The van der Waals surface area contributed by atoms with E-state index >= 15 is 0 Å². The molecule has 0 aliphatic heterocycles. The summed E-state index contributed by atoms with van der Waals surface area (Å²) in [5.41, 5.74) is 0. The van der Waals surface area contributed by atoms with Crippen LogP contribution in [0.5, 0.6) is 0 Å². The van der Waals surface area contributed by atoms with Crippen molar-refractivity contribution in [2.45, 2.75) is 44.9 Å². The highest BCUT2D eigenvalue weighted by molar-refractivity contribution is 14.0. The summed E-state index contributed by atoms with van der Waals surface area (Å²) in [6.07, 6.45) is 11.7. The first-order valence-electron chi connectivity index (χ1n) is 6.92. The summed E-state index contributed by atoms with van der Waals surface area (Å²) in [4.78, 5) is 4.15. The first-order chi connectivity index (χ1) is 8.36. The fourth-order valence-corrected chi connectivity index (χ4v) is 2.45. The zero-order valence-corrected chi connectivity index (χ0v) is 13.9. The van der Waals surface area contributed by atoms with Gasteiger partial charge in [0.15, 0.2) is 5.96 Å². The number of guanidine groups is 1. The van der Waals surface area contributed by atoms with Crippen LogP contribution in [0, 0.1) is 5.92 Å². The molecule has 1 aliphatic carbocycles. The summed E-state index contributed by atoms with van der Waals surface area (Å²) >= 11 is 0. The first-order valence-corrected chi connectivity index (χ1v) is 6.92. The maximum absolute atomic E-state index is 4.15. The minimum atomic E-state index is 0. The summed E-state index contributed by atoms with van der Waals surface area (Å²) < 4.78 is 0. The molecule has 0 heterocycles. The second-order valence-corrected chi connectivity index (χ2v) is 4.81. The number of nitrogens with zero attached hydrogens (tertiary/aromatic N) is 1. The Morgan fingerprint density at radius 3 is 2.61 bits per heavy atom. The first kappa shape index (κ1) is 17.7. The number of hydrogen-bond donors (Lipinski definition) is 2. The lowest BCUT2D eigenvalue weighted by molar-refractivity contribution is 0.472. The van der Waals surface area contributed by atoms with E-state index in [1.54, 1.807) is 7.05 Å². The molecule has 0 spiro atoms. The molecule has 2 N–H and O–H groups in total. The summed E-state index contributed by atoms with van der Waals surface area (Å²) in [7, 11) is 1.80. The van der Waals surface area contributed by atoms with Gasteiger partial charge >= 0.3 is 0 Å². The number of unbranched alkanes of at least 4 members (excludes halogenated alkanes) is 1. The van der Waals surface area contributed by atoms with E-state index in [0.29, 0.717) is 0 Å². The molecule has 1 aliphatic rings. The molecule has 3 nitrogen and oxygen atoms in total. The van der Waals surface area contributed by atoms with Gasteiger partial charge < -0.3 is 10.6 Å². The van der Waals surface area contributed by atoms with E-state index in [-0.39, 0.29) is 24.0 Å². The van der Waals surface area contributed by atoms with Gasteiger partial charge in [0.1, 0.15) is 0 Å². The van der Waals surface area contributed by atoms with Gasteiger partial charge in [-0.05, 0) is 12.3 Å². The zero-order valence-electron chi connectivity index (χ0n) is 11.6. The van der Waals surface area contributed by atoms with Crippen molar-refractivity contribution in [1.29, 1.82) is 0 Å². The van der Waals surface area contributed by atoms with E-state index in [2.05, 4.69) is 22.2 Å². The Kier molecular flexibility index (Phi) is 11.6. The third-order valence-electron chi connectivity index (χ3n) is 3.44. The second kappa shape index (κ2) is 11.8. The molecule has 0 amide bonds. The predicted octanol–water partition coefficient (Wildman–Crippen LogP) is 3.32. The van der Waals surface area contributed by atoms with Crippen molar-refractivity contribution in [3.8, 4) is 0 Å². The van der Waals surface area contributed by atoms with Crippen molar-refractivity contribution in [2.24, 2.45) is 10.9 Å². The lowest BCUT2D eigenvalue weighted by Gasteiger charge is -2.11. The van der Waals surface area contributed by atoms with E-state index in [4.69, 9.17) is 0 Å². The molecule has 106 valence electrons. The Balaban J connectivity index is 0.00000289. The molecule has 0 saturated heterocycles. The van der Waals surface area contributed by atoms with Crippen LogP contribution < -0.4 is 10.6 Å². The van der Waals surface area contributed by atoms with E-state index in [0.717, 1.165) is 25.0 Å². The average molecular weight is 365 g/mol. The van der Waals surface area contributed by atoms with Gasteiger partial charge in [0.05, 0.1) is 0 Å². The summed E-state index contributed by atoms with van der Waals surface area (Å²) in [6.45, 7) is 5.46. The zero-order chi connectivity index (χ0) is 12.3. The molecular weight excluding hydrogens is 337 g/mol. The molecule has 0 unspecified atom stereocenters. The van der Waals surface area contributed by atoms with Crippen LogP contribution in [-0.2, 0) is 0 Å². The van der Waals surface area contributed by atoms with Gasteiger partial charge in [0, 0.05) is 20.1 Å². The lowest BCUT2D eigenvalue weighted by atomic mass is 10.0. The van der Waals surface area contributed by atoms with Crippen molar-refractivity contribution in [2.75, 3.05) is 20.1 Å². The van der Waals surface area contributed by atoms with Gasteiger partial charge in [-0.2, -0.15) is 0 Å². The molecule has 1 rings (SSSR count). The Morgan fingerprint density at radius 1 is 1.28 bits per heavy atom. The molecule has 0 aromatic heterocycles. The van der Waals surface area contributed by atoms with Crippen molar-refractivity contribution in [3.63, 3.8) is 0 Å². The molecule has 1 saturated carbocycles. The SMILES string of the molecule is C=CCNC(=NC)NCCCCC1CCCC1.I. The van der Waals surface area contributed by atoms with Gasteiger partial charge in [-0.15, -0.1) is 30.6 Å². The molecule has 4 heteroatoms. The molecule has 0 bridgehead atoms. The summed E-state index contributed by atoms with van der Waals surface area (Å²) in [6, 6.07) is 0. The van der Waals surface area contributed by atoms with Crippen molar-refractivity contribution in [3.05, 3.63) is 12.7 Å². The smallest absolute Gasteiger partial charge is 0.191 e. The number of rotatable bonds is 7. The number of hydrogen-bond acceptors (Lipinski definition) is 1. The predicted molar refractivity (Wildman–Crippen MR) is 90.8 cm³/mol. The normalized spacial score (nSPS) is 16.2. The molecule has 0 aromatic carbocycles. The van der Waals surface area contributed by atoms with Crippen LogP contribution in [0.4, 0.5) is 0 Å². The van der Waals surface area contributed by atoms with Crippen LogP contribution in [0.25, 0.3) is 0 Å². The van der Waals surface area contributed by atoms with Crippen LogP contribution >= 0.6 is 24.0 Å². The van der Waals surface area contributed by atoms with E-state index in [1.807, 2.05) is 6.08 Å². The molecule has 0 radical (unpaired) electrons. The van der Waals surface area contributed by atoms with Gasteiger partial charge in [0.2, 0.25) is 0 Å². The number of aliphatic imine (C=N–C) groups is 1. The van der Waals surface area contributed by atoms with Crippen LogP contribution in [0.15, 0.2) is 17.6 Å². The van der Waals surface area contributed by atoms with E-state index in [9.17, 15) is 0 Å². The highest BCUT2D eigenvalue weighted by Crippen LogP contribution is 2.28. The van der Waals surface area contributed by atoms with Crippen LogP contribution in [0.1, 0.15) is 44.9 Å². The maximum atomic E-state index is 4.15. The Bertz CT molecular complexity index is 235. The third kappa shape index (κ3) is 7.95. The highest BCUT2D eigenvalue weighted by Gasteiger charge is 2.13. The Labute approximate surface area is 129 Å². The van der Waals surface area contributed by atoms with Crippen LogP contribution in [0.3, 0.4) is 0 Å². The standard InChI is InChI=1S/C14H27N3.HI/c1-3-11-16-14(15-2)17-12-7-6-10-13-8-4-5-9-13;/h3,13H,1,4-12H2,2H3,(H2,15,16,17);1H. The molecule has 1 fully saturated rings. The maximum Gasteiger partial charge on any atom is 0.191 e. The third-order valence-corrected chi connectivity index (χ3v) is 3.44. The van der Waals surface area contributed by atoms with Crippen molar-refractivity contribution in [1.82, 2.24) is 10.6 Å². The van der Waals surface area contributed by atoms with E-state index < -0.39 is 0 Å². The average Bonchev–Trinajstić information content (AvgIpc) is 2.85. The fraction of sp³-hybridized carbons (Fsp3) is 0.786. The summed E-state index contributed by atoms with van der Waals surface area (Å²) in [5.74, 6) is 1.90. The Hall–Kier alpha value is -0.260. The van der Waals surface area contributed by atoms with Gasteiger partial charge in [-0.1, -0.05) is 44.6 Å². The van der Waals surface area contributed by atoms with Crippen LogP contribution in [-0.4, -0.2) is 26.1 Å². The number of halogens is 1. The van der Waals surface area contributed by atoms with Gasteiger partial charge in [-0.3, -0.25) is 4.99 Å². The quantitative estimate of drug-likeness (QED) is 0.239. The monoisotopic (exact) mass is 365 g/mol. The van der Waals surface area contributed by atoms with Gasteiger partial charge in [-0.25, -0.2) is 0 Å². The van der Waals surface area contributed by atoms with Crippen LogP contribution in [0.2, 0.25) is 0 Å². The molecular formula is C14H28IN3. The van der Waals surface area contributed by atoms with E-state index in [1.165, 1.54) is 44.9 Å². The molecule has 0 aromatic rings. The largest absolute Gasteiger partial charge is 0.356 e. The fourth-order valence-electron chi connectivity index (χ4n) is 2.45. The van der Waals surface area contributed by atoms with Crippen molar-refractivity contribution >= 4 is 29.9 Å². The number of nitrogens with one attached hydrogen (secondary N) is 2. The minimum Gasteiger partial charge on any atom is -0.356 e. The topological polar surface area (TPSA) is 36.4 Å². The summed E-state index contributed by atoms with van der Waals surface area (Å²) in [5, 5.41) is 6.49. The second-order valence-electron chi connectivity index (χ2n) is 4.81. The minimum absolute atomic E-state index is 0. The highest BCUT2D eigenvalue weighted by atomic mass is 127. The lowest BCUT2D eigenvalue weighted by Crippen LogP contribution is -2.37. The van der Waals surface area contributed by atoms with Gasteiger partial charge in [0.25, 0.3) is 0 Å². The Morgan fingerprint density at radius 2 is 2.00 bits per heavy atom. The molecule has 18 heavy (non-hydrogen) atoms.